The number of hydrogen-bond acceptors (Lipinski definition) is 5. The van der Waals surface area contributed by atoms with Crippen molar-refractivity contribution in [1.82, 2.24) is 14.5 Å². The molecule has 3 aromatic carbocycles. The third kappa shape index (κ3) is 5.15. The minimum absolute atomic E-state index is 0.0862. The Labute approximate surface area is 291 Å². The van der Waals surface area contributed by atoms with Crippen molar-refractivity contribution in [3.05, 3.63) is 98.1 Å². The van der Waals surface area contributed by atoms with Crippen LogP contribution in [0.2, 0.25) is 5.02 Å². The van der Waals surface area contributed by atoms with E-state index in [1.165, 1.54) is 43.0 Å². The van der Waals surface area contributed by atoms with Crippen molar-refractivity contribution < 1.29 is 13.6 Å². The molecule has 1 saturated carbocycles. The lowest BCUT2D eigenvalue weighted by Crippen LogP contribution is -2.73. The van der Waals surface area contributed by atoms with E-state index in [9.17, 15) is 9.59 Å². The van der Waals surface area contributed by atoms with E-state index in [-0.39, 0.29) is 22.3 Å². The molecule has 9 heteroatoms. The molecule has 4 heterocycles. The molecule has 6 nitrogen and oxygen atoms in total. The number of likely N-dealkylation sites (tertiary alicyclic amines) is 1. The Morgan fingerprint density at radius 3 is 2.47 bits per heavy atom. The number of rotatable bonds is 7. The summed E-state index contributed by atoms with van der Waals surface area (Å²) >= 11 is 6.46. The summed E-state index contributed by atoms with van der Waals surface area (Å²) < 4.78 is 32.4. The number of anilines is 1. The Morgan fingerprint density at radius 2 is 1.78 bits per heavy atom. The highest BCUT2D eigenvalue weighted by atomic mass is 35.5. The van der Waals surface area contributed by atoms with E-state index in [4.69, 9.17) is 11.6 Å². The Bertz CT molecular complexity index is 2040. The molecule has 49 heavy (non-hydrogen) atoms. The molecule has 256 valence electrons. The fourth-order valence-electron chi connectivity index (χ4n) is 9.46. The van der Waals surface area contributed by atoms with Crippen molar-refractivity contribution in [2.24, 2.45) is 5.41 Å². The summed E-state index contributed by atoms with van der Waals surface area (Å²) in [5, 5.41) is 0.881. The average Bonchev–Trinajstić information content (AvgIpc) is 3.24. The van der Waals surface area contributed by atoms with Gasteiger partial charge in [0.1, 0.15) is 23.2 Å². The van der Waals surface area contributed by atoms with Gasteiger partial charge in [0.05, 0.1) is 27.0 Å². The third-order valence-electron chi connectivity index (χ3n) is 12.0. The number of hydrogen-bond donors (Lipinski definition) is 0. The van der Waals surface area contributed by atoms with Crippen LogP contribution in [-0.2, 0) is 10.2 Å². The van der Waals surface area contributed by atoms with Crippen molar-refractivity contribution in [2.75, 3.05) is 31.1 Å². The van der Waals surface area contributed by atoms with Crippen LogP contribution in [0, 0.1) is 17.0 Å². The van der Waals surface area contributed by atoms with Crippen molar-refractivity contribution in [1.29, 1.82) is 0 Å². The minimum Gasteiger partial charge on any atom is -0.370 e. The lowest BCUT2D eigenvalue weighted by Gasteiger charge is -2.63. The topological polar surface area (TPSA) is 58.4 Å². The predicted octanol–water partition coefficient (Wildman–Crippen LogP) is 8.28. The zero-order valence-electron chi connectivity index (χ0n) is 28.7. The molecule has 4 aliphatic rings. The SMILES string of the molecule is CCCC(C(C)=O)c1c(F)cc(N2CC3(C2)CN(C2CCCC(c4ccc5c(c4)C(C)(C)c4nc(=O)c6c(Cl)cccc6n4-5)C2)C3)cc1F. The van der Waals surface area contributed by atoms with Gasteiger partial charge >= 0.3 is 0 Å². The number of halogens is 3. The van der Waals surface area contributed by atoms with E-state index in [0.29, 0.717) is 40.9 Å². The molecule has 3 atom stereocenters. The van der Waals surface area contributed by atoms with Crippen LogP contribution in [0.15, 0.2) is 53.3 Å². The van der Waals surface area contributed by atoms with Crippen molar-refractivity contribution in [3.63, 3.8) is 0 Å². The van der Waals surface area contributed by atoms with Crippen LogP contribution >= 0.6 is 11.6 Å². The maximum Gasteiger partial charge on any atom is 0.282 e. The van der Waals surface area contributed by atoms with Gasteiger partial charge in [0.15, 0.2) is 0 Å². The average molecular weight is 685 g/mol. The first kappa shape index (κ1) is 32.6. The molecular formula is C40H43ClF2N4O2. The monoisotopic (exact) mass is 684 g/mol. The molecular weight excluding hydrogens is 642 g/mol. The highest BCUT2D eigenvalue weighted by Crippen LogP contribution is 2.48. The van der Waals surface area contributed by atoms with Gasteiger partial charge in [0.25, 0.3) is 5.56 Å². The first-order chi connectivity index (χ1) is 23.4. The molecule has 3 unspecified atom stereocenters. The van der Waals surface area contributed by atoms with E-state index in [1.807, 2.05) is 19.1 Å². The molecule has 3 aliphatic heterocycles. The second-order valence-electron chi connectivity index (χ2n) is 15.7. The van der Waals surface area contributed by atoms with Gasteiger partial charge in [0.2, 0.25) is 0 Å². The van der Waals surface area contributed by atoms with Crippen LogP contribution in [0.4, 0.5) is 14.5 Å². The number of ketones is 1. The normalized spacial score (nSPS) is 22.8. The van der Waals surface area contributed by atoms with Gasteiger partial charge in [-0.15, -0.1) is 0 Å². The lowest BCUT2D eigenvalue weighted by atomic mass is 9.70. The standard InChI is InChI=1S/C40H43ClF2N4O2/c1-5-8-28(23(2)48)35-31(42)17-27(18-32(35)43)46-21-40(22-46)19-45(20-40)26-10-6-9-24(15-26)25-13-14-33-29(16-25)39(3,4)38-44-37(49)36-30(41)11-7-12-34(36)47(33)38/h7,11-14,16-18,24,26,28H,5-6,8-10,15,19-22H2,1-4H3. The van der Waals surface area contributed by atoms with E-state index in [2.05, 4.69) is 51.4 Å². The highest BCUT2D eigenvalue weighted by Gasteiger charge is 2.53. The number of nitrogens with zero attached hydrogens (tertiary/aromatic N) is 4. The van der Waals surface area contributed by atoms with Crippen LogP contribution < -0.4 is 10.5 Å². The Hall–Kier alpha value is -3.62. The Balaban J connectivity index is 0.950. The van der Waals surface area contributed by atoms with E-state index in [0.717, 1.165) is 56.0 Å². The van der Waals surface area contributed by atoms with E-state index >= 15 is 8.78 Å². The fraction of sp³-hybridized carbons (Fsp3) is 0.475. The van der Waals surface area contributed by atoms with Gasteiger partial charge in [-0.2, -0.15) is 4.98 Å². The Kier molecular flexibility index (Phi) is 7.80. The molecule has 0 radical (unpaired) electrons. The van der Waals surface area contributed by atoms with Gasteiger partial charge in [0, 0.05) is 54.8 Å². The molecule has 1 aromatic heterocycles. The summed E-state index contributed by atoms with van der Waals surface area (Å²) in [6.45, 7) is 11.2. The second kappa shape index (κ2) is 11.7. The molecule has 0 bridgehead atoms. The van der Waals surface area contributed by atoms with Gasteiger partial charge < -0.3 is 4.90 Å². The van der Waals surface area contributed by atoms with Crippen LogP contribution in [0.5, 0.6) is 0 Å². The molecule has 4 aromatic rings. The first-order valence-electron chi connectivity index (χ1n) is 17.8. The van der Waals surface area contributed by atoms with Crippen molar-refractivity contribution >= 4 is 34.0 Å². The third-order valence-corrected chi connectivity index (χ3v) is 12.3. The molecule has 2 saturated heterocycles. The first-order valence-corrected chi connectivity index (χ1v) is 18.1. The number of carbonyl (C=O) groups excluding carboxylic acids is 1. The van der Waals surface area contributed by atoms with Gasteiger partial charge in [-0.05, 0) is 93.8 Å². The molecule has 1 spiro atoms. The molecule has 0 N–H and O–H groups in total. The van der Waals surface area contributed by atoms with Gasteiger partial charge in [-0.3, -0.25) is 19.1 Å². The van der Waals surface area contributed by atoms with E-state index in [1.54, 1.807) is 6.07 Å². The zero-order chi connectivity index (χ0) is 34.4. The van der Waals surface area contributed by atoms with Gasteiger partial charge in [-0.1, -0.05) is 49.6 Å². The maximum absolute atomic E-state index is 15.2. The van der Waals surface area contributed by atoms with Crippen LogP contribution in [0.25, 0.3) is 16.6 Å². The zero-order valence-corrected chi connectivity index (χ0v) is 29.4. The number of benzene rings is 3. The van der Waals surface area contributed by atoms with E-state index < -0.39 is 23.0 Å². The van der Waals surface area contributed by atoms with Crippen LogP contribution in [0.3, 0.4) is 0 Å². The summed E-state index contributed by atoms with van der Waals surface area (Å²) in [5.41, 5.74) is 4.33. The van der Waals surface area contributed by atoms with Crippen molar-refractivity contribution in [3.8, 4) is 5.69 Å². The second-order valence-corrected chi connectivity index (χ2v) is 16.1. The number of fused-ring (bicyclic) bond motifs is 5. The number of Topliss-reactive ketones (excluding diaryl/α,β-unsaturated/α-hetero) is 1. The smallest absolute Gasteiger partial charge is 0.282 e. The molecule has 3 fully saturated rings. The maximum atomic E-state index is 15.2. The number of carbonyl (C=O) groups is 1. The summed E-state index contributed by atoms with van der Waals surface area (Å²) in [7, 11) is 0. The summed E-state index contributed by atoms with van der Waals surface area (Å²) in [5.74, 6) is -0.962. The molecule has 8 rings (SSSR count). The number of aromatic nitrogens is 2. The summed E-state index contributed by atoms with van der Waals surface area (Å²) in [6, 6.07) is 15.7. The van der Waals surface area contributed by atoms with Gasteiger partial charge in [-0.25, -0.2) is 8.78 Å². The summed E-state index contributed by atoms with van der Waals surface area (Å²) in [6.07, 6.45) is 5.75. The van der Waals surface area contributed by atoms with Crippen molar-refractivity contribution in [2.45, 2.75) is 89.5 Å². The predicted molar refractivity (Wildman–Crippen MR) is 190 cm³/mol. The minimum atomic E-state index is -0.733. The molecule has 1 aliphatic carbocycles. The largest absolute Gasteiger partial charge is 0.370 e. The molecule has 0 amide bonds. The van der Waals surface area contributed by atoms with Crippen LogP contribution in [0.1, 0.15) is 101 Å². The Morgan fingerprint density at radius 1 is 1.04 bits per heavy atom. The fourth-order valence-corrected chi connectivity index (χ4v) is 9.71. The highest BCUT2D eigenvalue weighted by molar-refractivity contribution is 6.35. The van der Waals surface area contributed by atoms with Crippen LogP contribution in [-0.4, -0.2) is 52.5 Å². The lowest BCUT2D eigenvalue weighted by molar-refractivity contribution is -0.118. The quantitative estimate of drug-likeness (QED) is 0.196. The summed E-state index contributed by atoms with van der Waals surface area (Å²) in [4.78, 5) is 34.4.